The molecule has 2 aromatic rings. The molecule has 0 saturated carbocycles. The number of pyridine rings is 1. The van der Waals surface area contributed by atoms with E-state index in [1.54, 1.807) is 30.6 Å². The number of carbonyl (C=O) groups excluding carboxylic acids is 1. The van der Waals surface area contributed by atoms with Crippen LogP contribution in [0.2, 0.25) is 10.0 Å². The number of nitrogens with one attached hydrogen (secondary N) is 1. The number of benzene rings is 1. The third kappa shape index (κ3) is 5.20. The summed E-state index contributed by atoms with van der Waals surface area (Å²) in [4.78, 5) is 18.4. The molecule has 0 fully saturated rings. The molecule has 1 unspecified atom stereocenters. The Labute approximate surface area is 146 Å². The maximum Gasteiger partial charge on any atom is 0.241 e. The SMILES string of the molecule is CC(C(=O)Nc1cc(Cl)ccc1Cl)N(C)CCc1ccncc1. The first-order valence-electron chi connectivity index (χ1n) is 7.32. The minimum atomic E-state index is -0.285. The van der Waals surface area contributed by atoms with Crippen LogP contribution in [0, 0.1) is 0 Å². The van der Waals surface area contributed by atoms with Crippen LogP contribution in [0.5, 0.6) is 0 Å². The van der Waals surface area contributed by atoms with Gasteiger partial charge >= 0.3 is 0 Å². The molecular weight excluding hydrogens is 333 g/mol. The van der Waals surface area contributed by atoms with Crippen molar-refractivity contribution in [2.75, 3.05) is 18.9 Å². The summed E-state index contributed by atoms with van der Waals surface area (Å²) in [6.45, 7) is 2.63. The molecule has 1 aromatic heterocycles. The predicted molar refractivity (Wildman–Crippen MR) is 95.1 cm³/mol. The summed E-state index contributed by atoms with van der Waals surface area (Å²) in [5.74, 6) is -0.119. The van der Waals surface area contributed by atoms with Crippen molar-refractivity contribution in [2.24, 2.45) is 0 Å². The summed E-state index contributed by atoms with van der Waals surface area (Å²) in [6, 6.07) is 8.66. The maximum atomic E-state index is 12.4. The molecule has 0 radical (unpaired) electrons. The summed E-state index contributed by atoms with van der Waals surface area (Å²) >= 11 is 12.0. The van der Waals surface area contributed by atoms with Gasteiger partial charge in [-0.1, -0.05) is 23.2 Å². The van der Waals surface area contributed by atoms with Crippen molar-refractivity contribution < 1.29 is 4.79 Å². The zero-order chi connectivity index (χ0) is 16.8. The number of aromatic nitrogens is 1. The normalized spacial score (nSPS) is 12.2. The Morgan fingerprint density at radius 2 is 1.96 bits per heavy atom. The van der Waals surface area contributed by atoms with Gasteiger partial charge in [-0.2, -0.15) is 0 Å². The van der Waals surface area contributed by atoms with Crippen molar-refractivity contribution in [3.05, 3.63) is 58.3 Å². The fraction of sp³-hybridized carbons (Fsp3) is 0.294. The number of halogens is 2. The van der Waals surface area contributed by atoms with Crippen LogP contribution in [-0.2, 0) is 11.2 Å². The van der Waals surface area contributed by atoms with E-state index < -0.39 is 0 Å². The Morgan fingerprint density at radius 3 is 2.65 bits per heavy atom. The van der Waals surface area contributed by atoms with Crippen molar-refractivity contribution in [1.29, 1.82) is 0 Å². The summed E-state index contributed by atoms with van der Waals surface area (Å²) in [6.07, 6.45) is 4.40. The molecule has 1 atom stereocenters. The van der Waals surface area contributed by atoms with Gasteiger partial charge in [0, 0.05) is 24.0 Å². The molecule has 1 N–H and O–H groups in total. The molecule has 0 aliphatic carbocycles. The summed E-state index contributed by atoms with van der Waals surface area (Å²) in [5, 5.41) is 3.82. The van der Waals surface area contributed by atoms with Crippen molar-refractivity contribution in [1.82, 2.24) is 9.88 Å². The Bertz CT molecular complexity index is 664. The molecular formula is C17H19Cl2N3O. The molecule has 0 aliphatic heterocycles. The highest BCUT2D eigenvalue weighted by molar-refractivity contribution is 6.35. The number of hydrogen-bond donors (Lipinski definition) is 1. The van der Waals surface area contributed by atoms with Crippen LogP contribution in [0.3, 0.4) is 0 Å². The average Bonchev–Trinajstić information content (AvgIpc) is 2.56. The minimum absolute atomic E-state index is 0.119. The lowest BCUT2D eigenvalue weighted by molar-refractivity contribution is -0.120. The lowest BCUT2D eigenvalue weighted by Crippen LogP contribution is -2.40. The average molecular weight is 352 g/mol. The Balaban J connectivity index is 1.92. The second kappa shape index (κ2) is 8.29. The van der Waals surface area contributed by atoms with Crippen molar-refractivity contribution in [3.63, 3.8) is 0 Å². The van der Waals surface area contributed by atoms with Crippen LogP contribution in [0.25, 0.3) is 0 Å². The van der Waals surface area contributed by atoms with Gasteiger partial charge in [-0.3, -0.25) is 14.7 Å². The van der Waals surface area contributed by atoms with Crippen LogP contribution in [-0.4, -0.2) is 35.4 Å². The molecule has 1 amide bonds. The lowest BCUT2D eigenvalue weighted by Gasteiger charge is -2.24. The second-order valence-corrected chi connectivity index (χ2v) is 6.22. The number of hydrogen-bond acceptors (Lipinski definition) is 3. The molecule has 1 aromatic carbocycles. The Morgan fingerprint density at radius 1 is 1.26 bits per heavy atom. The topological polar surface area (TPSA) is 45.2 Å². The zero-order valence-corrected chi connectivity index (χ0v) is 14.6. The van der Waals surface area contributed by atoms with E-state index in [1.807, 2.05) is 31.0 Å². The molecule has 0 saturated heterocycles. The fourth-order valence-electron chi connectivity index (χ4n) is 2.08. The molecule has 0 spiro atoms. The van der Waals surface area contributed by atoms with E-state index in [4.69, 9.17) is 23.2 Å². The standard InChI is InChI=1S/C17H19Cl2N3O/c1-12(22(2)10-7-13-5-8-20-9-6-13)17(23)21-16-11-14(18)3-4-15(16)19/h3-6,8-9,11-12H,7,10H2,1-2H3,(H,21,23). The second-order valence-electron chi connectivity index (χ2n) is 5.38. The van der Waals surface area contributed by atoms with Crippen molar-refractivity contribution >= 4 is 34.8 Å². The van der Waals surface area contributed by atoms with Gasteiger partial charge in [-0.15, -0.1) is 0 Å². The fourth-order valence-corrected chi connectivity index (χ4v) is 2.42. The van der Waals surface area contributed by atoms with Crippen LogP contribution < -0.4 is 5.32 Å². The van der Waals surface area contributed by atoms with Gasteiger partial charge in [0.1, 0.15) is 0 Å². The number of anilines is 1. The smallest absolute Gasteiger partial charge is 0.241 e. The molecule has 1 heterocycles. The van der Waals surface area contributed by atoms with E-state index in [0.29, 0.717) is 15.7 Å². The van der Waals surface area contributed by atoms with Gasteiger partial charge in [-0.05, 0) is 56.3 Å². The van der Waals surface area contributed by atoms with Crippen LogP contribution in [0.15, 0.2) is 42.7 Å². The third-order valence-electron chi connectivity index (χ3n) is 3.73. The summed E-state index contributed by atoms with van der Waals surface area (Å²) < 4.78 is 0. The van der Waals surface area contributed by atoms with E-state index in [1.165, 1.54) is 5.56 Å². The number of nitrogens with zero attached hydrogens (tertiary/aromatic N) is 2. The largest absolute Gasteiger partial charge is 0.323 e. The molecule has 0 aliphatic rings. The van der Waals surface area contributed by atoms with Gasteiger partial charge < -0.3 is 5.32 Å². The highest BCUT2D eigenvalue weighted by Crippen LogP contribution is 2.25. The van der Waals surface area contributed by atoms with Crippen molar-refractivity contribution in [3.8, 4) is 0 Å². The van der Waals surface area contributed by atoms with E-state index in [-0.39, 0.29) is 11.9 Å². The number of amides is 1. The predicted octanol–water partition coefficient (Wildman–Crippen LogP) is 3.89. The van der Waals surface area contributed by atoms with Gasteiger partial charge in [0.2, 0.25) is 5.91 Å². The van der Waals surface area contributed by atoms with Crippen LogP contribution >= 0.6 is 23.2 Å². The lowest BCUT2D eigenvalue weighted by atomic mass is 10.1. The summed E-state index contributed by atoms with van der Waals surface area (Å²) in [7, 11) is 1.92. The highest BCUT2D eigenvalue weighted by atomic mass is 35.5. The Kier molecular flexibility index (Phi) is 6.39. The molecule has 23 heavy (non-hydrogen) atoms. The molecule has 122 valence electrons. The monoisotopic (exact) mass is 351 g/mol. The van der Waals surface area contributed by atoms with Gasteiger partial charge in [-0.25, -0.2) is 0 Å². The zero-order valence-electron chi connectivity index (χ0n) is 13.1. The third-order valence-corrected chi connectivity index (χ3v) is 4.29. The highest BCUT2D eigenvalue weighted by Gasteiger charge is 2.18. The van der Waals surface area contributed by atoms with Gasteiger partial charge in [0.05, 0.1) is 16.8 Å². The molecule has 0 bridgehead atoms. The molecule has 4 nitrogen and oxygen atoms in total. The first-order chi connectivity index (χ1) is 11.0. The van der Waals surface area contributed by atoms with E-state index >= 15 is 0 Å². The number of carbonyl (C=O) groups is 1. The maximum absolute atomic E-state index is 12.4. The number of likely N-dealkylation sites (N-methyl/N-ethyl adjacent to an activating group) is 1. The molecule has 6 heteroatoms. The van der Waals surface area contributed by atoms with E-state index in [9.17, 15) is 4.79 Å². The van der Waals surface area contributed by atoms with Crippen LogP contribution in [0.4, 0.5) is 5.69 Å². The first-order valence-corrected chi connectivity index (χ1v) is 8.08. The van der Waals surface area contributed by atoms with E-state index in [0.717, 1.165) is 13.0 Å². The minimum Gasteiger partial charge on any atom is -0.323 e. The van der Waals surface area contributed by atoms with E-state index in [2.05, 4.69) is 10.3 Å². The summed E-state index contributed by atoms with van der Waals surface area (Å²) in [5.41, 5.74) is 1.72. The Hall–Kier alpha value is -1.62. The first kappa shape index (κ1) is 17.7. The number of rotatable bonds is 6. The van der Waals surface area contributed by atoms with Gasteiger partial charge in [0.15, 0.2) is 0 Å². The quantitative estimate of drug-likeness (QED) is 0.858. The van der Waals surface area contributed by atoms with Crippen molar-refractivity contribution in [2.45, 2.75) is 19.4 Å². The molecule has 2 rings (SSSR count). The van der Waals surface area contributed by atoms with Gasteiger partial charge in [0.25, 0.3) is 0 Å². The van der Waals surface area contributed by atoms with Crippen LogP contribution in [0.1, 0.15) is 12.5 Å².